The number of methoxy groups -OCH3 is 2. The van der Waals surface area contributed by atoms with Gasteiger partial charge < -0.3 is 19.9 Å². The number of hydrogen-bond acceptors (Lipinski definition) is 7. The van der Waals surface area contributed by atoms with Crippen molar-refractivity contribution in [3.05, 3.63) is 57.6 Å². The van der Waals surface area contributed by atoms with E-state index in [4.69, 9.17) is 15.2 Å². The van der Waals surface area contributed by atoms with E-state index < -0.39 is 10.9 Å². The van der Waals surface area contributed by atoms with Gasteiger partial charge in [-0.1, -0.05) is 6.07 Å². The number of nitrogens with two attached hydrogens (primary N) is 1. The van der Waals surface area contributed by atoms with Crippen LogP contribution in [0.15, 0.2) is 36.4 Å². The minimum absolute atomic E-state index is 0.0793. The summed E-state index contributed by atoms with van der Waals surface area (Å²) >= 11 is 0. The molecule has 0 amide bonds. The molecule has 2 rings (SSSR count). The number of carbonyl (C=O) groups excluding carboxylic acids is 1. The molecule has 0 heterocycles. The van der Waals surface area contributed by atoms with E-state index in [1.165, 1.54) is 44.6 Å². The summed E-state index contributed by atoms with van der Waals surface area (Å²) in [6, 6.07) is 9.20. The van der Waals surface area contributed by atoms with E-state index in [9.17, 15) is 14.9 Å². The van der Waals surface area contributed by atoms with Crippen LogP contribution >= 0.6 is 0 Å². The highest BCUT2D eigenvalue weighted by Gasteiger charge is 2.19. The molecule has 0 spiro atoms. The van der Waals surface area contributed by atoms with Crippen LogP contribution in [0.2, 0.25) is 0 Å². The Balaban J connectivity index is 2.35. The predicted octanol–water partition coefficient (Wildman–Crippen LogP) is 3.07. The zero-order valence-corrected chi connectivity index (χ0v) is 14.6. The number of aryl methyl sites for hydroxylation is 1. The number of benzene rings is 2. The molecule has 8 heteroatoms. The minimum Gasteiger partial charge on any atom is -0.493 e. The molecule has 26 heavy (non-hydrogen) atoms. The van der Waals surface area contributed by atoms with Crippen molar-refractivity contribution >= 4 is 11.7 Å². The molecule has 0 radical (unpaired) electrons. The molecule has 0 aliphatic heterocycles. The average molecular weight is 360 g/mol. The topological polar surface area (TPSA) is 114 Å². The summed E-state index contributed by atoms with van der Waals surface area (Å²) in [4.78, 5) is 22.5. The Morgan fingerprint density at radius 1 is 1.12 bits per heavy atom. The van der Waals surface area contributed by atoms with Crippen LogP contribution in [0.3, 0.4) is 0 Å². The van der Waals surface area contributed by atoms with E-state index in [2.05, 4.69) is 4.74 Å². The first-order valence-corrected chi connectivity index (χ1v) is 7.91. The normalized spacial score (nSPS) is 10.3. The zero-order chi connectivity index (χ0) is 19.1. The van der Waals surface area contributed by atoms with E-state index in [-0.39, 0.29) is 28.5 Å². The van der Waals surface area contributed by atoms with Crippen LogP contribution in [-0.2, 0) is 11.2 Å². The van der Waals surface area contributed by atoms with Gasteiger partial charge in [-0.2, -0.15) is 0 Å². The molecule has 2 aromatic carbocycles. The predicted molar refractivity (Wildman–Crippen MR) is 94.9 cm³/mol. The van der Waals surface area contributed by atoms with E-state index in [0.29, 0.717) is 13.0 Å². The van der Waals surface area contributed by atoms with Crippen LogP contribution in [0.25, 0.3) is 0 Å². The van der Waals surface area contributed by atoms with Gasteiger partial charge in [0.2, 0.25) is 5.75 Å². The Morgan fingerprint density at radius 2 is 1.85 bits per heavy atom. The number of nitro benzene ring substituents is 1. The summed E-state index contributed by atoms with van der Waals surface area (Å²) in [5.41, 5.74) is 6.41. The van der Waals surface area contributed by atoms with Crippen molar-refractivity contribution < 1.29 is 23.9 Å². The number of nitro groups is 1. The standard InChI is InChI=1S/C18H20N2O6/c1-24-17-11-13(18(21)25-2)6-8-16(17)26-15-7-5-12(4-3-9-19)10-14(15)20(22)23/h5-8,10-11H,3-4,9,19H2,1-2H3. The van der Waals surface area contributed by atoms with Crippen molar-refractivity contribution in [2.24, 2.45) is 5.73 Å². The fourth-order valence-corrected chi connectivity index (χ4v) is 2.37. The second-order valence-corrected chi connectivity index (χ2v) is 5.41. The van der Waals surface area contributed by atoms with E-state index >= 15 is 0 Å². The van der Waals surface area contributed by atoms with Gasteiger partial charge in [0.05, 0.1) is 24.7 Å². The van der Waals surface area contributed by atoms with Crippen LogP contribution in [0.5, 0.6) is 17.2 Å². The summed E-state index contributed by atoms with van der Waals surface area (Å²) in [6.45, 7) is 0.510. The summed E-state index contributed by atoms with van der Waals surface area (Å²) < 4.78 is 15.5. The van der Waals surface area contributed by atoms with Crippen LogP contribution in [0.1, 0.15) is 22.3 Å². The van der Waals surface area contributed by atoms with Gasteiger partial charge in [0, 0.05) is 6.07 Å². The highest BCUT2D eigenvalue weighted by molar-refractivity contribution is 5.90. The van der Waals surface area contributed by atoms with Crippen molar-refractivity contribution in [3.63, 3.8) is 0 Å². The monoisotopic (exact) mass is 360 g/mol. The van der Waals surface area contributed by atoms with Gasteiger partial charge in [0.25, 0.3) is 0 Å². The third kappa shape index (κ3) is 4.48. The molecule has 8 nitrogen and oxygen atoms in total. The lowest BCUT2D eigenvalue weighted by Gasteiger charge is -2.12. The second-order valence-electron chi connectivity index (χ2n) is 5.41. The molecule has 0 bridgehead atoms. The lowest BCUT2D eigenvalue weighted by Crippen LogP contribution is -2.03. The smallest absolute Gasteiger partial charge is 0.337 e. The van der Waals surface area contributed by atoms with E-state index in [1.54, 1.807) is 6.07 Å². The first kappa shape index (κ1) is 19.2. The molecule has 0 saturated heterocycles. The maximum Gasteiger partial charge on any atom is 0.337 e. The molecule has 0 aliphatic carbocycles. The molecule has 0 fully saturated rings. The van der Waals surface area contributed by atoms with Crippen molar-refractivity contribution in [1.82, 2.24) is 0 Å². The third-order valence-electron chi connectivity index (χ3n) is 3.69. The molecular formula is C18H20N2O6. The molecule has 0 atom stereocenters. The zero-order valence-electron chi connectivity index (χ0n) is 14.6. The largest absolute Gasteiger partial charge is 0.493 e. The van der Waals surface area contributed by atoms with Gasteiger partial charge in [-0.15, -0.1) is 0 Å². The first-order valence-electron chi connectivity index (χ1n) is 7.91. The SMILES string of the molecule is COC(=O)c1ccc(Oc2ccc(CCCN)cc2[N+](=O)[O-])c(OC)c1. The van der Waals surface area contributed by atoms with E-state index in [0.717, 1.165) is 12.0 Å². The van der Waals surface area contributed by atoms with Gasteiger partial charge in [-0.25, -0.2) is 4.79 Å². The second kappa shape index (κ2) is 8.82. The fourth-order valence-electron chi connectivity index (χ4n) is 2.37. The average Bonchev–Trinajstić information content (AvgIpc) is 2.66. The van der Waals surface area contributed by atoms with Crippen molar-refractivity contribution in [2.75, 3.05) is 20.8 Å². The van der Waals surface area contributed by atoms with Gasteiger partial charge in [0.1, 0.15) is 0 Å². The van der Waals surface area contributed by atoms with Gasteiger partial charge in [-0.3, -0.25) is 10.1 Å². The van der Waals surface area contributed by atoms with Crippen molar-refractivity contribution in [1.29, 1.82) is 0 Å². The highest BCUT2D eigenvalue weighted by atomic mass is 16.6. The Morgan fingerprint density at radius 3 is 2.46 bits per heavy atom. The van der Waals surface area contributed by atoms with Gasteiger partial charge >= 0.3 is 11.7 Å². The molecule has 138 valence electrons. The number of hydrogen-bond donors (Lipinski definition) is 1. The lowest BCUT2D eigenvalue weighted by molar-refractivity contribution is -0.385. The van der Waals surface area contributed by atoms with Gasteiger partial charge in [-0.05, 0) is 49.2 Å². The van der Waals surface area contributed by atoms with Crippen molar-refractivity contribution in [3.8, 4) is 17.2 Å². The Hall–Kier alpha value is -3.13. The number of carbonyl (C=O) groups is 1. The number of esters is 1. The van der Waals surface area contributed by atoms with Crippen LogP contribution in [-0.4, -0.2) is 31.7 Å². The Bertz CT molecular complexity index is 806. The summed E-state index contributed by atoms with van der Waals surface area (Å²) in [6.07, 6.45) is 1.38. The quantitative estimate of drug-likeness (QED) is 0.437. The van der Waals surface area contributed by atoms with Crippen LogP contribution in [0.4, 0.5) is 5.69 Å². The maximum atomic E-state index is 11.6. The van der Waals surface area contributed by atoms with Gasteiger partial charge in [0.15, 0.2) is 11.5 Å². The van der Waals surface area contributed by atoms with E-state index in [1.807, 2.05) is 0 Å². The molecule has 0 saturated carbocycles. The number of nitrogens with zero attached hydrogens (tertiary/aromatic N) is 1. The molecule has 0 aromatic heterocycles. The molecule has 2 N–H and O–H groups in total. The fraction of sp³-hybridized carbons (Fsp3) is 0.278. The molecule has 2 aromatic rings. The summed E-state index contributed by atoms with van der Waals surface area (Å²) in [5, 5.41) is 11.4. The van der Waals surface area contributed by atoms with Crippen molar-refractivity contribution in [2.45, 2.75) is 12.8 Å². The number of ether oxygens (including phenoxy) is 3. The van der Waals surface area contributed by atoms with Crippen LogP contribution in [0, 0.1) is 10.1 Å². The maximum absolute atomic E-state index is 11.6. The summed E-state index contributed by atoms with van der Waals surface area (Å²) in [5.74, 6) is 0.0630. The Labute approximate surface area is 150 Å². The number of rotatable bonds is 8. The van der Waals surface area contributed by atoms with Crippen LogP contribution < -0.4 is 15.2 Å². The summed E-state index contributed by atoms with van der Waals surface area (Å²) in [7, 11) is 2.68. The highest BCUT2D eigenvalue weighted by Crippen LogP contribution is 2.37. The lowest BCUT2D eigenvalue weighted by atomic mass is 10.1. The molecule has 0 aliphatic rings. The molecule has 0 unspecified atom stereocenters. The Kier molecular flexibility index (Phi) is 6.51. The minimum atomic E-state index is -0.523. The molecular weight excluding hydrogens is 340 g/mol. The first-order chi connectivity index (χ1) is 12.5. The third-order valence-corrected chi connectivity index (χ3v) is 3.69.